The Bertz CT molecular complexity index is 576. The highest BCUT2D eigenvalue weighted by Gasteiger charge is 2.10. The van der Waals surface area contributed by atoms with Crippen molar-refractivity contribution in [1.82, 2.24) is 0 Å². The fourth-order valence-corrected chi connectivity index (χ4v) is 2.57. The molecule has 0 amide bonds. The van der Waals surface area contributed by atoms with E-state index >= 15 is 0 Å². The van der Waals surface area contributed by atoms with Gasteiger partial charge < -0.3 is 4.74 Å². The van der Waals surface area contributed by atoms with Gasteiger partial charge in [0.2, 0.25) is 0 Å². The predicted molar refractivity (Wildman–Crippen MR) is 80.0 cm³/mol. The van der Waals surface area contributed by atoms with Crippen molar-refractivity contribution in [1.29, 1.82) is 0 Å². The number of hydrogen-bond acceptors (Lipinski definition) is 2. The molecule has 0 aromatic heterocycles. The highest BCUT2D eigenvalue weighted by molar-refractivity contribution is 9.10. The second kappa shape index (κ2) is 6.02. The fourth-order valence-electron chi connectivity index (χ4n) is 2.01. The molecule has 0 heterocycles. The highest BCUT2D eigenvalue weighted by Crippen LogP contribution is 2.31. The van der Waals surface area contributed by atoms with Crippen LogP contribution in [0, 0.1) is 0 Å². The Morgan fingerprint density at radius 3 is 2.26 bits per heavy atom. The number of hydrogen-bond donors (Lipinski definition) is 0. The van der Waals surface area contributed by atoms with Gasteiger partial charge in [-0.2, -0.15) is 0 Å². The Morgan fingerprint density at radius 2 is 1.74 bits per heavy atom. The molecule has 0 radical (unpaired) electrons. The van der Waals surface area contributed by atoms with Crippen LogP contribution < -0.4 is 4.74 Å². The van der Waals surface area contributed by atoms with Crippen molar-refractivity contribution in [2.45, 2.75) is 12.8 Å². The smallest absolute Gasteiger partial charge is 0.150 e. The molecule has 2 aromatic carbocycles. The van der Waals surface area contributed by atoms with Gasteiger partial charge in [0.15, 0.2) is 0 Å². The summed E-state index contributed by atoms with van der Waals surface area (Å²) in [6.07, 6.45) is 0.860. The highest BCUT2D eigenvalue weighted by atomic mass is 79.9. The lowest BCUT2D eigenvalue weighted by Crippen LogP contribution is -1.97. The molecule has 2 rings (SSSR count). The zero-order valence-corrected chi connectivity index (χ0v) is 12.5. The first-order valence-electron chi connectivity index (χ1n) is 6.04. The Labute approximate surface area is 121 Å². The lowest BCUT2D eigenvalue weighted by atomic mass is 9.92. The molecule has 0 aliphatic heterocycles. The third-order valence-electron chi connectivity index (χ3n) is 3.25. The van der Waals surface area contributed by atoms with E-state index in [4.69, 9.17) is 4.74 Å². The van der Waals surface area contributed by atoms with Crippen LogP contribution in [0.4, 0.5) is 0 Å². The summed E-state index contributed by atoms with van der Waals surface area (Å²) in [6, 6.07) is 13.8. The topological polar surface area (TPSA) is 26.3 Å². The van der Waals surface area contributed by atoms with Crippen molar-refractivity contribution in [3.8, 4) is 5.75 Å². The zero-order valence-electron chi connectivity index (χ0n) is 10.9. The van der Waals surface area contributed by atoms with Crippen molar-refractivity contribution in [3.05, 3.63) is 63.6 Å². The van der Waals surface area contributed by atoms with Gasteiger partial charge in [-0.15, -0.1) is 0 Å². The molecule has 0 N–H and O–H groups in total. The van der Waals surface area contributed by atoms with Gasteiger partial charge in [-0.25, -0.2) is 0 Å². The summed E-state index contributed by atoms with van der Waals surface area (Å²) in [6.45, 7) is 2.14. The van der Waals surface area contributed by atoms with E-state index in [0.29, 0.717) is 5.56 Å². The van der Waals surface area contributed by atoms with Crippen LogP contribution in [-0.2, 0) is 0 Å². The van der Waals surface area contributed by atoms with Crippen LogP contribution in [0.25, 0.3) is 0 Å². The lowest BCUT2D eigenvalue weighted by Gasteiger charge is -2.14. The lowest BCUT2D eigenvalue weighted by molar-refractivity contribution is 0.112. The summed E-state index contributed by atoms with van der Waals surface area (Å²) in [5.41, 5.74) is 3.08. The van der Waals surface area contributed by atoms with E-state index in [-0.39, 0.29) is 5.92 Å². The summed E-state index contributed by atoms with van der Waals surface area (Å²) in [5, 5.41) is 0. The van der Waals surface area contributed by atoms with Crippen LogP contribution in [-0.4, -0.2) is 13.4 Å². The van der Waals surface area contributed by atoms with Crippen molar-refractivity contribution < 1.29 is 9.53 Å². The van der Waals surface area contributed by atoms with Crippen molar-refractivity contribution >= 4 is 22.2 Å². The number of methoxy groups -OCH3 is 1. The largest absolute Gasteiger partial charge is 0.496 e. The average Bonchev–Trinajstić information content (AvgIpc) is 2.46. The minimum atomic E-state index is 0.267. The molecular formula is C16H15BrO2. The monoisotopic (exact) mass is 318 g/mol. The van der Waals surface area contributed by atoms with Crippen molar-refractivity contribution in [2.75, 3.05) is 7.11 Å². The second-order valence-electron chi connectivity index (χ2n) is 4.40. The van der Waals surface area contributed by atoms with E-state index in [2.05, 4.69) is 35.0 Å². The first-order valence-corrected chi connectivity index (χ1v) is 6.83. The molecule has 0 aliphatic rings. The standard InChI is InChI=1S/C16H15BrO2/c1-11(13-5-3-12(10-18)4-6-13)14-7-8-16(19-2)15(17)9-14/h3-11H,1-2H3. The number of aldehydes is 1. The van der Waals surface area contributed by atoms with Gasteiger partial charge in [0.1, 0.15) is 12.0 Å². The summed E-state index contributed by atoms with van der Waals surface area (Å²) < 4.78 is 6.18. The third kappa shape index (κ3) is 3.04. The van der Waals surface area contributed by atoms with Crippen LogP contribution >= 0.6 is 15.9 Å². The van der Waals surface area contributed by atoms with Gasteiger partial charge in [0.25, 0.3) is 0 Å². The van der Waals surface area contributed by atoms with Crippen molar-refractivity contribution in [3.63, 3.8) is 0 Å². The minimum absolute atomic E-state index is 0.267. The summed E-state index contributed by atoms with van der Waals surface area (Å²) in [7, 11) is 1.65. The van der Waals surface area contributed by atoms with Crippen LogP contribution in [0.1, 0.15) is 34.3 Å². The molecule has 0 saturated carbocycles. The maximum Gasteiger partial charge on any atom is 0.150 e. The van der Waals surface area contributed by atoms with Gasteiger partial charge in [0, 0.05) is 11.5 Å². The van der Waals surface area contributed by atoms with E-state index in [1.165, 1.54) is 11.1 Å². The number of rotatable bonds is 4. The van der Waals surface area contributed by atoms with E-state index in [9.17, 15) is 4.79 Å². The molecule has 0 aliphatic carbocycles. The fraction of sp³-hybridized carbons (Fsp3) is 0.188. The first-order chi connectivity index (χ1) is 9.15. The molecule has 98 valence electrons. The first kappa shape index (κ1) is 13.8. The number of benzene rings is 2. The Morgan fingerprint density at radius 1 is 1.11 bits per heavy atom. The second-order valence-corrected chi connectivity index (χ2v) is 5.25. The Kier molecular flexibility index (Phi) is 4.38. The van der Waals surface area contributed by atoms with Crippen LogP contribution in [0.5, 0.6) is 5.75 Å². The molecule has 2 nitrogen and oxygen atoms in total. The average molecular weight is 319 g/mol. The third-order valence-corrected chi connectivity index (χ3v) is 3.87. The zero-order chi connectivity index (χ0) is 13.8. The van der Waals surface area contributed by atoms with Gasteiger partial charge >= 0.3 is 0 Å². The minimum Gasteiger partial charge on any atom is -0.496 e. The van der Waals surface area contributed by atoms with Crippen LogP contribution in [0.15, 0.2) is 46.9 Å². The molecule has 1 atom stereocenters. The van der Waals surface area contributed by atoms with Crippen LogP contribution in [0.2, 0.25) is 0 Å². The summed E-state index contributed by atoms with van der Waals surface area (Å²) >= 11 is 3.50. The normalized spacial score (nSPS) is 11.9. The van der Waals surface area contributed by atoms with E-state index in [1.807, 2.05) is 30.3 Å². The molecule has 0 fully saturated rings. The predicted octanol–water partition coefficient (Wildman–Crippen LogP) is 4.42. The van der Waals surface area contributed by atoms with Gasteiger partial charge in [0.05, 0.1) is 11.6 Å². The van der Waals surface area contributed by atoms with E-state index in [0.717, 1.165) is 16.5 Å². The van der Waals surface area contributed by atoms with Crippen molar-refractivity contribution in [2.24, 2.45) is 0 Å². The number of carbonyl (C=O) groups is 1. The summed E-state index contributed by atoms with van der Waals surface area (Å²) in [4.78, 5) is 10.7. The molecular weight excluding hydrogens is 304 g/mol. The van der Waals surface area contributed by atoms with E-state index in [1.54, 1.807) is 7.11 Å². The Hall–Kier alpha value is -1.61. The molecule has 1 unspecified atom stereocenters. The van der Waals surface area contributed by atoms with E-state index < -0.39 is 0 Å². The maximum absolute atomic E-state index is 10.7. The van der Waals surface area contributed by atoms with Gasteiger partial charge in [-0.1, -0.05) is 37.3 Å². The van der Waals surface area contributed by atoms with Gasteiger partial charge in [-0.3, -0.25) is 4.79 Å². The number of carbonyl (C=O) groups excluding carboxylic acids is 1. The molecule has 19 heavy (non-hydrogen) atoms. The SMILES string of the molecule is COc1ccc(C(C)c2ccc(C=O)cc2)cc1Br. The quantitative estimate of drug-likeness (QED) is 0.780. The molecule has 3 heteroatoms. The molecule has 0 bridgehead atoms. The molecule has 0 saturated heterocycles. The number of ether oxygens (including phenoxy) is 1. The molecule has 0 spiro atoms. The van der Waals surface area contributed by atoms with Gasteiger partial charge in [-0.05, 0) is 39.2 Å². The summed E-state index contributed by atoms with van der Waals surface area (Å²) in [5.74, 6) is 1.09. The number of halogens is 1. The maximum atomic E-state index is 10.7. The Balaban J connectivity index is 2.29. The molecule has 2 aromatic rings. The van der Waals surface area contributed by atoms with Crippen LogP contribution in [0.3, 0.4) is 0 Å².